The summed E-state index contributed by atoms with van der Waals surface area (Å²) in [4.78, 5) is 3.98. The Kier molecular flexibility index (Phi) is 2.26. The summed E-state index contributed by atoms with van der Waals surface area (Å²) in [7, 11) is 5.81. The lowest BCUT2D eigenvalue weighted by Gasteiger charge is -2.19. The van der Waals surface area contributed by atoms with Crippen LogP contribution in [0.25, 0.3) is 0 Å². The molecule has 0 spiro atoms. The van der Waals surface area contributed by atoms with E-state index in [1.807, 2.05) is 30.9 Å². The van der Waals surface area contributed by atoms with Crippen LogP contribution in [0.15, 0.2) is 0 Å². The minimum Gasteiger partial charge on any atom is -0.302 e. The van der Waals surface area contributed by atoms with Crippen molar-refractivity contribution in [2.24, 2.45) is 0 Å². The standard InChI is InChI=1S/C7H15FN2/c1-9(2)7-5-10(3)4-6(7)8/h6-7H,4-5H2,1-3H3/t6-,7+/m1/s1. The van der Waals surface area contributed by atoms with E-state index < -0.39 is 6.17 Å². The summed E-state index contributed by atoms with van der Waals surface area (Å²) >= 11 is 0. The fraction of sp³-hybridized carbons (Fsp3) is 1.00. The molecule has 10 heavy (non-hydrogen) atoms. The molecule has 1 fully saturated rings. The van der Waals surface area contributed by atoms with Crippen LogP contribution in [0.1, 0.15) is 0 Å². The molecule has 1 rings (SSSR count). The number of hydrogen-bond acceptors (Lipinski definition) is 2. The topological polar surface area (TPSA) is 6.48 Å². The third-order valence-corrected chi connectivity index (χ3v) is 2.07. The minimum absolute atomic E-state index is 0.102. The second-order valence-electron chi connectivity index (χ2n) is 3.27. The van der Waals surface area contributed by atoms with Gasteiger partial charge in [0.2, 0.25) is 0 Å². The molecule has 0 bridgehead atoms. The highest BCUT2D eigenvalue weighted by Crippen LogP contribution is 2.14. The van der Waals surface area contributed by atoms with Crippen molar-refractivity contribution >= 4 is 0 Å². The van der Waals surface area contributed by atoms with Crippen molar-refractivity contribution in [3.63, 3.8) is 0 Å². The summed E-state index contributed by atoms with van der Waals surface area (Å²) in [6, 6.07) is 0.102. The lowest BCUT2D eigenvalue weighted by molar-refractivity contribution is 0.202. The molecule has 2 nitrogen and oxygen atoms in total. The third-order valence-electron chi connectivity index (χ3n) is 2.07. The molecule has 1 saturated heterocycles. The molecular formula is C7H15FN2. The molecular weight excluding hydrogens is 131 g/mol. The number of likely N-dealkylation sites (N-methyl/N-ethyl adjacent to an activating group) is 2. The molecule has 3 heteroatoms. The first-order valence-electron chi connectivity index (χ1n) is 3.60. The maximum Gasteiger partial charge on any atom is 0.129 e. The lowest BCUT2D eigenvalue weighted by atomic mass is 10.2. The summed E-state index contributed by atoms with van der Waals surface area (Å²) in [6.07, 6.45) is -0.667. The van der Waals surface area contributed by atoms with Crippen molar-refractivity contribution in [3.05, 3.63) is 0 Å². The predicted octanol–water partition coefficient (Wildman–Crippen LogP) is 0.200. The smallest absolute Gasteiger partial charge is 0.129 e. The Morgan fingerprint density at radius 2 is 2.00 bits per heavy atom. The van der Waals surface area contributed by atoms with Gasteiger partial charge >= 0.3 is 0 Å². The molecule has 1 heterocycles. The van der Waals surface area contributed by atoms with Gasteiger partial charge < -0.3 is 9.80 Å². The van der Waals surface area contributed by atoms with E-state index in [9.17, 15) is 4.39 Å². The Morgan fingerprint density at radius 1 is 1.40 bits per heavy atom. The van der Waals surface area contributed by atoms with Crippen LogP contribution in [0, 0.1) is 0 Å². The van der Waals surface area contributed by atoms with Crippen molar-refractivity contribution in [1.29, 1.82) is 0 Å². The largest absolute Gasteiger partial charge is 0.302 e. The minimum atomic E-state index is -0.667. The van der Waals surface area contributed by atoms with E-state index in [0.29, 0.717) is 6.54 Å². The van der Waals surface area contributed by atoms with Crippen LogP contribution in [0.3, 0.4) is 0 Å². The van der Waals surface area contributed by atoms with Gasteiger partial charge in [-0.3, -0.25) is 0 Å². The van der Waals surface area contributed by atoms with E-state index in [-0.39, 0.29) is 6.04 Å². The van der Waals surface area contributed by atoms with Crippen LogP contribution >= 0.6 is 0 Å². The van der Waals surface area contributed by atoms with Crippen LogP contribution in [0.5, 0.6) is 0 Å². The highest BCUT2D eigenvalue weighted by atomic mass is 19.1. The van der Waals surface area contributed by atoms with Gasteiger partial charge in [0.15, 0.2) is 0 Å². The Balaban J connectivity index is 2.46. The Hall–Kier alpha value is -0.150. The molecule has 0 aliphatic carbocycles. The highest BCUT2D eigenvalue weighted by Gasteiger charge is 2.31. The fourth-order valence-electron chi connectivity index (χ4n) is 1.41. The molecule has 0 aromatic heterocycles. The number of rotatable bonds is 1. The van der Waals surface area contributed by atoms with Gasteiger partial charge in [-0.05, 0) is 21.1 Å². The maximum atomic E-state index is 13.0. The van der Waals surface area contributed by atoms with Gasteiger partial charge in [0.25, 0.3) is 0 Å². The van der Waals surface area contributed by atoms with Crippen molar-refractivity contribution < 1.29 is 4.39 Å². The normalized spacial score (nSPS) is 35.7. The molecule has 0 unspecified atom stereocenters. The number of likely N-dealkylation sites (tertiary alicyclic amines) is 1. The van der Waals surface area contributed by atoms with Gasteiger partial charge in [-0.25, -0.2) is 4.39 Å². The fourth-order valence-corrected chi connectivity index (χ4v) is 1.41. The third kappa shape index (κ3) is 1.47. The van der Waals surface area contributed by atoms with Crippen LogP contribution in [0.2, 0.25) is 0 Å². The average molecular weight is 146 g/mol. The SMILES string of the molecule is CN1C[C@@H](F)[C@@H](N(C)C)C1. The summed E-state index contributed by atoms with van der Waals surface area (Å²) in [5.74, 6) is 0. The van der Waals surface area contributed by atoms with Crippen molar-refractivity contribution in [3.8, 4) is 0 Å². The highest BCUT2D eigenvalue weighted by molar-refractivity contribution is 4.87. The van der Waals surface area contributed by atoms with Gasteiger partial charge in [0.1, 0.15) is 6.17 Å². The van der Waals surface area contributed by atoms with Gasteiger partial charge in [-0.2, -0.15) is 0 Å². The van der Waals surface area contributed by atoms with E-state index in [1.54, 1.807) is 0 Å². The van der Waals surface area contributed by atoms with Gasteiger partial charge in [-0.15, -0.1) is 0 Å². The molecule has 0 aromatic carbocycles. The molecule has 0 aromatic rings. The van der Waals surface area contributed by atoms with Crippen molar-refractivity contribution in [2.75, 3.05) is 34.2 Å². The van der Waals surface area contributed by atoms with Crippen molar-refractivity contribution in [1.82, 2.24) is 9.80 Å². The number of nitrogens with zero attached hydrogens (tertiary/aromatic N) is 2. The molecule has 0 saturated carbocycles. The van der Waals surface area contributed by atoms with E-state index in [1.165, 1.54) is 0 Å². The zero-order valence-electron chi connectivity index (χ0n) is 6.84. The van der Waals surface area contributed by atoms with Crippen LogP contribution < -0.4 is 0 Å². The van der Waals surface area contributed by atoms with Crippen LogP contribution in [0.4, 0.5) is 4.39 Å². The molecule has 60 valence electrons. The quantitative estimate of drug-likeness (QED) is 0.521. The Bertz CT molecular complexity index is 116. The predicted molar refractivity (Wildman–Crippen MR) is 39.9 cm³/mol. The summed E-state index contributed by atoms with van der Waals surface area (Å²) in [5, 5.41) is 0. The molecule has 2 atom stereocenters. The summed E-state index contributed by atoms with van der Waals surface area (Å²) < 4.78 is 13.0. The number of hydrogen-bond donors (Lipinski definition) is 0. The number of halogens is 1. The zero-order chi connectivity index (χ0) is 7.72. The second-order valence-corrected chi connectivity index (χ2v) is 3.27. The lowest BCUT2D eigenvalue weighted by Crippen LogP contribution is -2.35. The van der Waals surface area contributed by atoms with Gasteiger partial charge in [-0.1, -0.05) is 0 Å². The zero-order valence-corrected chi connectivity index (χ0v) is 6.84. The van der Waals surface area contributed by atoms with E-state index >= 15 is 0 Å². The second kappa shape index (κ2) is 2.84. The summed E-state index contributed by atoms with van der Waals surface area (Å²) in [5.41, 5.74) is 0. The molecule has 0 N–H and O–H groups in total. The van der Waals surface area contributed by atoms with Crippen molar-refractivity contribution in [2.45, 2.75) is 12.2 Å². The first-order valence-corrected chi connectivity index (χ1v) is 3.60. The van der Waals surface area contributed by atoms with Crippen LogP contribution in [-0.2, 0) is 0 Å². The number of alkyl halides is 1. The molecule has 0 amide bonds. The van der Waals surface area contributed by atoms with E-state index in [0.717, 1.165) is 6.54 Å². The van der Waals surface area contributed by atoms with E-state index in [2.05, 4.69) is 0 Å². The first-order chi connectivity index (χ1) is 4.61. The Morgan fingerprint density at radius 3 is 2.20 bits per heavy atom. The monoisotopic (exact) mass is 146 g/mol. The average Bonchev–Trinajstić information content (AvgIpc) is 2.10. The molecule has 1 aliphatic heterocycles. The Labute approximate surface area is 61.6 Å². The van der Waals surface area contributed by atoms with Gasteiger partial charge in [0.05, 0.1) is 6.04 Å². The summed E-state index contributed by atoms with van der Waals surface area (Å²) in [6.45, 7) is 1.44. The molecule has 0 radical (unpaired) electrons. The van der Waals surface area contributed by atoms with E-state index in [4.69, 9.17) is 0 Å². The first kappa shape index (κ1) is 7.95. The van der Waals surface area contributed by atoms with Crippen LogP contribution in [-0.4, -0.2) is 56.2 Å². The maximum absolute atomic E-state index is 13.0. The molecule has 1 aliphatic rings. The van der Waals surface area contributed by atoms with Gasteiger partial charge in [0, 0.05) is 13.1 Å².